The summed E-state index contributed by atoms with van der Waals surface area (Å²) in [5.41, 5.74) is 3.14. The van der Waals surface area contributed by atoms with Gasteiger partial charge in [-0.15, -0.1) is 0 Å². The Labute approximate surface area is 159 Å². The molecule has 0 unspecified atom stereocenters. The summed E-state index contributed by atoms with van der Waals surface area (Å²) in [6, 6.07) is 8.48. The van der Waals surface area contributed by atoms with Crippen LogP contribution < -0.4 is 10.2 Å². The highest BCUT2D eigenvalue weighted by molar-refractivity contribution is 5.84. The number of benzene rings is 1. The average molecular weight is 363 g/mol. The zero-order valence-corrected chi connectivity index (χ0v) is 15.4. The zero-order valence-electron chi connectivity index (χ0n) is 15.4. The van der Waals surface area contributed by atoms with Crippen molar-refractivity contribution in [2.24, 2.45) is 5.92 Å². The van der Waals surface area contributed by atoms with Gasteiger partial charge in [0.15, 0.2) is 11.6 Å². The number of aromatic amines is 1. The van der Waals surface area contributed by atoms with Crippen LogP contribution in [0.5, 0.6) is 0 Å². The van der Waals surface area contributed by atoms with Gasteiger partial charge in [-0.25, -0.2) is 9.97 Å². The van der Waals surface area contributed by atoms with Crippen LogP contribution in [-0.4, -0.2) is 47.8 Å². The number of nitrogens with zero attached hydrogens (tertiary/aromatic N) is 3. The second-order valence-electron chi connectivity index (χ2n) is 7.47. The molecule has 2 N–H and O–H groups in total. The van der Waals surface area contributed by atoms with Crippen molar-refractivity contribution < 1.29 is 4.74 Å². The van der Waals surface area contributed by atoms with Crippen LogP contribution in [-0.2, 0) is 4.74 Å². The number of hydrogen-bond acceptors (Lipinski definition) is 5. The van der Waals surface area contributed by atoms with E-state index in [1.807, 2.05) is 12.4 Å². The second-order valence-corrected chi connectivity index (χ2v) is 7.47. The van der Waals surface area contributed by atoms with Crippen molar-refractivity contribution in [3.63, 3.8) is 0 Å². The largest absolute Gasteiger partial charge is 0.381 e. The monoisotopic (exact) mass is 363 g/mol. The highest BCUT2D eigenvalue weighted by atomic mass is 16.5. The molecule has 6 heteroatoms. The molecule has 1 saturated heterocycles. The van der Waals surface area contributed by atoms with Crippen LogP contribution in [0.3, 0.4) is 0 Å². The molecular weight excluding hydrogens is 338 g/mol. The molecule has 0 bridgehead atoms. The molecule has 0 aliphatic carbocycles. The summed E-state index contributed by atoms with van der Waals surface area (Å²) in [6.07, 6.45) is 7.40. The topological polar surface area (TPSA) is 66.1 Å². The Bertz CT molecular complexity index is 931. The molecule has 5 rings (SSSR count). The van der Waals surface area contributed by atoms with Gasteiger partial charge in [0, 0.05) is 50.1 Å². The fourth-order valence-corrected chi connectivity index (χ4v) is 4.08. The molecule has 140 valence electrons. The molecule has 27 heavy (non-hydrogen) atoms. The maximum atomic E-state index is 5.49. The molecule has 0 radical (unpaired) electrons. The van der Waals surface area contributed by atoms with Gasteiger partial charge in [-0.05, 0) is 42.7 Å². The zero-order chi connectivity index (χ0) is 18.1. The summed E-state index contributed by atoms with van der Waals surface area (Å²) in [5, 5.41) is 4.61. The number of fused-ring (bicyclic) bond motifs is 2. The van der Waals surface area contributed by atoms with Crippen LogP contribution in [0.2, 0.25) is 0 Å². The van der Waals surface area contributed by atoms with Gasteiger partial charge in [0.1, 0.15) is 0 Å². The molecular formula is C21H25N5O. The van der Waals surface area contributed by atoms with Gasteiger partial charge < -0.3 is 19.9 Å². The summed E-state index contributed by atoms with van der Waals surface area (Å²) in [6.45, 7) is 4.75. The molecule has 3 aromatic rings. The number of ether oxygens (including phenoxy) is 1. The number of rotatable bonds is 4. The van der Waals surface area contributed by atoms with E-state index in [2.05, 4.69) is 44.5 Å². The fourth-order valence-electron chi connectivity index (χ4n) is 4.08. The highest BCUT2D eigenvalue weighted by Crippen LogP contribution is 2.30. The van der Waals surface area contributed by atoms with E-state index < -0.39 is 0 Å². The fraction of sp³-hybridized carbons (Fsp3) is 0.429. The van der Waals surface area contributed by atoms with Crippen molar-refractivity contribution in [1.82, 2.24) is 15.0 Å². The van der Waals surface area contributed by atoms with Gasteiger partial charge in [-0.2, -0.15) is 0 Å². The molecule has 0 amide bonds. The molecule has 6 nitrogen and oxygen atoms in total. The number of nitrogens with one attached hydrogen (secondary N) is 2. The average Bonchev–Trinajstić information content (AvgIpc) is 3.20. The number of aromatic nitrogens is 3. The van der Waals surface area contributed by atoms with E-state index in [1.165, 1.54) is 24.6 Å². The Morgan fingerprint density at radius 3 is 3.04 bits per heavy atom. The first kappa shape index (κ1) is 16.6. The molecule has 0 spiro atoms. The molecule has 4 heterocycles. The van der Waals surface area contributed by atoms with Crippen molar-refractivity contribution in [1.29, 1.82) is 0 Å². The lowest BCUT2D eigenvalue weighted by molar-refractivity contribution is 0.0645. The van der Waals surface area contributed by atoms with Crippen molar-refractivity contribution in [3.8, 4) is 11.3 Å². The van der Waals surface area contributed by atoms with Gasteiger partial charge in [-0.3, -0.25) is 0 Å². The van der Waals surface area contributed by atoms with E-state index in [-0.39, 0.29) is 0 Å². The van der Waals surface area contributed by atoms with Crippen molar-refractivity contribution in [2.75, 3.05) is 43.1 Å². The Kier molecular flexibility index (Phi) is 4.41. The third-order valence-corrected chi connectivity index (χ3v) is 5.73. The van der Waals surface area contributed by atoms with Crippen LogP contribution in [0, 0.1) is 5.92 Å². The molecule has 1 fully saturated rings. The highest BCUT2D eigenvalue weighted by Gasteiger charge is 2.22. The Balaban J connectivity index is 1.39. The smallest absolute Gasteiger partial charge is 0.172 e. The van der Waals surface area contributed by atoms with E-state index in [9.17, 15) is 0 Å². The van der Waals surface area contributed by atoms with Crippen LogP contribution in [0.4, 0.5) is 11.6 Å². The minimum Gasteiger partial charge on any atom is -0.381 e. The van der Waals surface area contributed by atoms with Crippen LogP contribution >= 0.6 is 0 Å². The minimum absolute atomic E-state index is 0.767. The summed E-state index contributed by atoms with van der Waals surface area (Å²) >= 11 is 0. The standard InChI is InChI=1S/C21H25N5O/c1-2-17(13-18-16(1)3-7-22-18)19-14-24-20-21(25-19)26(10-8-23-20)9-4-15-5-11-27-12-6-15/h1-3,7,13-15,22H,4-6,8-12H2,(H,23,24). The summed E-state index contributed by atoms with van der Waals surface area (Å²) in [7, 11) is 0. The normalized spacial score (nSPS) is 17.7. The lowest BCUT2D eigenvalue weighted by Gasteiger charge is -2.32. The molecule has 2 aliphatic rings. The predicted molar refractivity (Wildman–Crippen MR) is 108 cm³/mol. The van der Waals surface area contributed by atoms with E-state index in [0.717, 1.165) is 67.2 Å². The minimum atomic E-state index is 0.767. The third-order valence-electron chi connectivity index (χ3n) is 5.73. The van der Waals surface area contributed by atoms with Gasteiger partial charge in [-0.1, -0.05) is 12.1 Å². The van der Waals surface area contributed by atoms with Crippen molar-refractivity contribution >= 4 is 22.5 Å². The van der Waals surface area contributed by atoms with Crippen molar-refractivity contribution in [3.05, 3.63) is 36.7 Å². The number of hydrogen-bond donors (Lipinski definition) is 2. The lowest BCUT2D eigenvalue weighted by atomic mass is 9.96. The Hall–Kier alpha value is -2.60. The van der Waals surface area contributed by atoms with E-state index in [0.29, 0.717) is 0 Å². The number of H-pyrrole nitrogens is 1. The van der Waals surface area contributed by atoms with Crippen LogP contribution in [0.1, 0.15) is 19.3 Å². The molecule has 2 aliphatic heterocycles. The maximum absolute atomic E-state index is 5.49. The van der Waals surface area contributed by atoms with E-state index >= 15 is 0 Å². The summed E-state index contributed by atoms with van der Waals surface area (Å²) in [4.78, 5) is 15.3. The van der Waals surface area contributed by atoms with Gasteiger partial charge in [0.2, 0.25) is 0 Å². The summed E-state index contributed by atoms with van der Waals surface area (Å²) < 4.78 is 5.49. The first-order valence-electron chi connectivity index (χ1n) is 9.88. The van der Waals surface area contributed by atoms with Crippen LogP contribution in [0.15, 0.2) is 36.7 Å². The van der Waals surface area contributed by atoms with Crippen molar-refractivity contribution in [2.45, 2.75) is 19.3 Å². The first-order chi connectivity index (χ1) is 13.4. The van der Waals surface area contributed by atoms with Gasteiger partial charge >= 0.3 is 0 Å². The molecule has 1 aromatic carbocycles. The predicted octanol–water partition coefficient (Wildman–Crippen LogP) is 3.67. The maximum Gasteiger partial charge on any atom is 0.172 e. The first-order valence-corrected chi connectivity index (χ1v) is 9.88. The van der Waals surface area contributed by atoms with E-state index in [1.54, 1.807) is 0 Å². The van der Waals surface area contributed by atoms with Gasteiger partial charge in [0.05, 0.1) is 11.9 Å². The molecule has 2 aromatic heterocycles. The third kappa shape index (κ3) is 3.37. The van der Waals surface area contributed by atoms with Gasteiger partial charge in [0.25, 0.3) is 0 Å². The molecule has 0 saturated carbocycles. The second kappa shape index (κ2) is 7.19. The lowest BCUT2D eigenvalue weighted by Crippen LogP contribution is -2.37. The number of anilines is 2. The Morgan fingerprint density at radius 2 is 2.11 bits per heavy atom. The quantitative estimate of drug-likeness (QED) is 0.740. The van der Waals surface area contributed by atoms with E-state index in [4.69, 9.17) is 9.72 Å². The van der Waals surface area contributed by atoms with Crippen LogP contribution in [0.25, 0.3) is 22.2 Å². The SMILES string of the molecule is c1cc2ccc(-c3cnc4c(n3)N(CCC3CCOCC3)CCN4)cc2[nH]1. The molecule has 0 atom stereocenters. The summed E-state index contributed by atoms with van der Waals surface area (Å²) in [5.74, 6) is 2.65. The Morgan fingerprint density at radius 1 is 1.19 bits per heavy atom.